The first-order valence-electron chi connectivity index (χ1n) is 8.74. The molecule has 0 atom stereocenters. The molecule has 0 unspecified atom stereocenters. The van der Waals surface area contributed by atoms with Gasteiger partial charge in [0, 0.05) is 29.6 Å². The lowest BCUT2D eigenvalue weighted by atomic mass is 10.1. The lowest BCUT2D eigenvalue weighted by molar-refractivity contribution is -0.119. The van der Waals surface area contributed by atoms with Crippen LogP contribution in [-0.4, -0.2) is 35.7 Å². The molecule has 0 saturated heterocycles. The van der Waals surface area contributed by atoms with Crippen LogP contribution < -0.4 is 14.8 Å². The van der Waals surface area contributed by atoms with Gasteiger partial charge in [-0.25, -0.2) is 4.79 Å². The standard InChI is InChI=1S/C18H20ClN3O5S/c1-25-14-7-11(18(24)27-9-13-16(19)28-22-21-13)12(8-15(14)26-2)20-17(23)10-5-3-4-6-10/h7-8,10H,3-6,9H2,1-2H3,(H,20,23). The highest BCUT2D eigenvalue weighted by molar-refractivity contribution is 7.10. The number of aromatic nitrogens is 2. The Labute approximate surface area is 171 Å². The number of amides is 1. The van der Waals surface area contributed by atoms with Gasteiger partial charge in [-0.05, 0) is 12.8 Å². The van der Waals surface area contributed by atoms with E-state index in [2.05, 4.69) is 14.9 Å². The van der Waals surface area contributed by atoms with Crippen LogP contribution in [0.25, 0.3) is 0 Å². The monoisotopic (exact) mass is 425 g/mol. The number of anilines is 1. The number of nitrogens with zero attached hydrogens (tertiary/aromatic N) is 2. The molecule has 150 valence electrons. The number of ether oxygens (including phenoxy) is 3. The molecule has 3 rings (SSSR count). The average Bonchev–Trinajstić information content (AvgIpc) is 3.37. The molecule has 1 aromatic carbocycles. The molecule has 0 radical (unpaired) electrons. The summed E-state index contributed by atoms with van der Waals surface area (Å²) in [7, 11) is 2.94. The van der Waals surface area contributed by atoms with E-state index in [-0.39, 0.29) is 24.0 Å². The molecule has 1 amide bonds. The van der Waals surface area contributed by atoms with Crippen molar-refractivity contribution in [2.45, 2.75) is 32.3 Å². The van der Waals surface area contributed by atoms with E-state index in [4.69, 9.17) is 25.8 Å². The smallest absolute Gasteiger partial charge is 0.340 e. The molecule has 0 bridgehead atoms. The van der Waals surface area contributed by atoms with E-state index in [1.165, 1.54) is 20.3 Å². The van der Waals surface area contributed by atoms with E-state index in [0.29, 0.717) is 27.2 Å². The second kappa shape index (κ2) is 9.20. The molecule has 1 aromatic heterocycles. The zero-order chi connectivity index (χ0) is 20.1. The fourth-order valence-electron chi connectivity index (χ4n) is 3.07. The molecule has 1 heterocycles. The Morgan fingerprint density at radius 1 is 1.21 bits per heavy atom. The number of nitrogens with one attached hydrogen (secondary N) is 1. The maximum atomic E-state index is 12.7. The molecule has 1 fully saturated rings. The van der Waals surface area contributed by atoms with E-state index >= 15 is 0 Å². The van der Waals surface area contributed by atoms with Gasteiger partial charge in [-0.2, -0.15) is 0 Å². The van der Waals surface area contributed by atoms with Gasteiger partial charge in [0.05, 0.1) is 25.5 Å². The van der Waals surface area contributed by atoms with Gasteiger partial charge in [-0.3, -0.25) is 4.79 Å². The van der Waals surface area contributed by atoms with Gasteiger partial charge in [-0.1, -0.05) is 28.9 Å². The topological polar surface area (TPSA) is 99.6 Å². The minimum Gasteiger partial charge on any atom is -0.493 e. The molecule has 0 aliphatic heterocycles. The molecule has 1 aliphatic rings. The van der Waals surface area contributed by atoms with Crippen molar-refractivity contribution in [1.82, 2.24) is 9.59 Å². The number of carbonyl (C=O) groups is 2. The Morgan fingerprint density at radius 3 is 2.50 bits per heavy atom. The summed E-state index contributed by atoms with van der Waals surface area (Å²) >= 11 is 6.95. The van der Waals surface area contributed by atoms with Gasteiger partial charge in [0.25, 0.3) is 0 Å². The summed E-state index contributed by atoms with van der Waals surface area (Å²) < 4.78 is 19.9. The van der Waals surface area contributed by atoms with Gasteiger partial charge in [0.2, 0.25) is 5.91 Å². The van der Waals surface area contributed by atoms with Crippen molar-refractivity contribution >= 4 is 40.7 Å². The van der Waals surface area contributed by atoms with Crippen LogP contribution in [0.2, 0.25) is 4.34 Å². The minimum absolute atomic E-state index is 0.0585. The predicted octanol–water partition coefficient (Wildman–Crippen LogP) is 3.69. The molecule has 1 N–H and O–H groups in total. The molecule has 28 heavy (non-hydrogen) atoms. The van der Waals surface area contributed by atoms with E-state index in [1.54, 1.807) is 6.07 Å². The van der Waals surface area contributed by atoms with Gasteiger partial charge in [0.1, 0.15) is 16.6 Å². The Hall–Kier alpha value is -2.39. The van der Waals surface area contributed by atoms with Crippen LogP contribution in [0.3, 0.4) is 0 Å². The third kappa shape index (κ3) is 4.53. The van der Waals surface area contributed by atoms with Crippen LogP contribution in [0.15, 0.2) is 12.1 Å². The maximum Gasteiger partial charge on any atom is 0.340 e. The number of halogens is 1. The van der Waals surface area contributed by atoms with Crippen molar-refractivity contribution in [1.29, 1.82) is 0 Å². The van der Waals surface area contributed by atoms with E-state index in [0.717, 1.165) is 37.2 Å². The average molecular weight is 426 g/mol. The third-order valence-electron chi connectivity index (χ3n) is 4.58. The van der Waals surface area contributed by atoms with Crippen molar-refractivity contribution in [2.24, 2.45) is 5.92 Å². The maximum absolute atomic E-state index is 12.7. The number of esters is 1. The fraction of sp³-hybridized carbons (Fsp3) is 0.444. The van der Waals surface area contributed by atoms with Crippen molar-refractivity contribution in [3.05, 3.63) is 27.7 Å². The van der Waals surface area contributed by atoms with Crippen molar-refractivity contribution in [3.8, 4) is 11.5 Å². The molecule has 2 aromatic rings. The lowest BCUT2D eigenvalue weighted by Crippen LogP contribution is -2.22. The van der Waals surface area contributed by atoms with Crippen LogP contribution in [0.5, 0.6) is 11.5 Å². The molecule has 8 nitrogen and oxygen atoms in total. The Balaban J connectivity index is 1.84. The molecule has 1 saturated carbocycles. The summed E-state index contributed by atoms with van der Waals surface area (Å²) in [4.78, 5) is 25.2. The minimum atomic E-state index is -0.647. The predicted molar refractivity (Wildman–Crippen MR) is 104 cm³/mol. The summed E-state index contributed by atoms with van der Waals surface area (Å²) in [6, 6.07) is 3.03. The summed E-state index contributed by atoms with van der Waals surface area (Å²) in [6.45, 7) is -0.126. The molecular weight excluding hydrogens is 406 g/mol. The normalized spacial score (nSPS) is 14.0. The van der Waals surface area contributed by atoms with E-state index in [9.17, 15) is 9.59 Å². The highest BCUT2D eigenvalue weighted by Crippen LogP contribution is 2.35. The first-order chi connectivity index (χ1) is 13.5. The fourth-order valence-corrected chi connectivity index (χ4v) is 3.67. The van der Waals surface area contributed by atoms with Gasteiger partial charge < -0.3 is 19.5 Å². The number of hydrogen-bond acceptors (Lipinski definition) is 8. The highest BCUT2D eigenvalue weighted by Gasteiger charge is 2.26. The second-order valence-corrected chi connectivity index (χ2v) is 7.65. The molecule has 1 aliphatic carbocycles. The van der Waals surface area contributed by atoms with Crippen LogP contribution in [0, 0.1) is 5.92 Å². The lowest BCUT2D eigenvalue weighted by Gasteiger charge is -2.16. The first kappa shape index (κ1) is 20.3. The van der Waals surface area contributed by atoms with Crippen LogP contribution in [0.4, 0.5) is 5.69 Å². The quantitative estimate of drug-likeness (QED) is 0.675. The zero-order valence-corrected chi connectivity index (χ0v) is 17.1. The van der Waals surface area contributed by atoms with Gasteiger partial charge >= 0.3 is 5.97 Å². The summed E-state index contributed by atoms with van der Waals surface area (Å²) in [6.07, 6.45) is 3.74. The molecule has 10 heteroatoms. The van der Waals surface area contributed by atoms with Crippen LogP contribution in [-0.2, 0) is 16.1 Å². The first-order valence-corrected chi connectivity index (χ1v) is 9.89. The summed E-state index contributed by atoms with van der Waals surface area (Å²) in [5, 5.41) is 6.65. The van der Waals surface area contributed by atoms with Crippen molar-refractivity contribution in [3.63, 3.8) is 0 Å². The summed E-state index contributed by atoms with van der Waals surface area (Å²) in [5.74, 6) is -0.0803. The largest absolute Gasteiger partial charge is 0.493 e. The Kier molecular flexibility index (Phi) is 6.69. The summed E-state index contributed by atoms with van der Waals surface area (Å²) in [5.41, 5.74) is 0.836. The molecular formula is C18H20ClN3O5S. The second-order valence-electron chi connectivity index (χ2n) is 6.29. The Morgan fingerprint density at radius 2 is 1.89 bits per heavy atom. The number of methoxy groups -OCH3 is 2. The van der Waals surface area contributed by atoms with E-state index in [1.807, 2.05) is 0 Å². The number of hydrogen-bond donors (Lipinski definition) is 1. The molecule has 0 spiro atoms. The van der Waals surface area contributed by atoms with Gasteiger partial charge in [0.15, 0.2) is 11.5 Å². The number of rotatable bonds is 7. The van der Waals surface area contributed by atoms with Crippen LogP contribution >= 0.6 is 23.1 Å². The number of carbonyl (C=O) groups excluding carboxylic acids is 2. The van der Waals surface area contributed by atoms with Crippen LogP contribution in [0.1, 0.15) is 41.7 Å². The van der Waals surface area contributed by atoms with Gasteiger partial charge in [-0.15, -0.1) is 5.10 Å². The van der Waals surface area contributed by atoms with E-state index < -0.39 is 5.97 Å². The number of benzene rings is 1. The third-order valence-corrected chi connectivity index (χ3v) is 5.56. The Bertz CT molecular complexity index is 867. The highest BCUT2D eigenvalue weighted by atomic mass is 35.5. The zero-order valence-electron chi connectivity index (χ0n) is 15.5. The SMILES string of the molecule is COc1cc(NC(=O)C2CCCC2)c(C(=O)OCc2nnsc2Cl)cc1OC. The van der Waals surface area contributed by atoms with Crippen molar-refractivity contribution in [2.75, 3.05) is 19.5 Å². The van der Waals surface area contributed by atoms with Crippen molar-refractivity contribution < 1.29 is 23.8 Å².